The molecule has 1 aliphatic heterocycles. The molecular formula is C19H13N3O3. The van der Waals surface area contributed by atoms with E-state index in [0.717, 1.165) is 5.56 Å². The Kier molecular flexibility index (Phi) is 3.40. The summed E-state index contributed by atoms with van der Waals surface area (Å²) in [7, 11) is 0. The molecule has 0 atom stereocenters. The normalized spacial score (nSPS) is 12.0. The van der Waals surface area contributed by atoms with Crippen molar-refractivity contribution in [2.45, 2.75) is 0 Å². The molecule has 0 saturated carbocycles. The number of nitrogens with one attached hydrogen (secondary N) is 1. The van der Waals surface area contributed by atoms with Gasteiger partial charge in [0, 0.05) is 16.9 Å². The highest BCUT2D eigenvalue weighted by Gasteiger charge is 2.17. The van der Waals surface area contributed by atoms with Crippen LogP contribution >= 0.6 is 0 Å². The highest BCUT2D eigenvalue weighted by atomic mass is 16.7. The molecule has 0 saturated heterocycles. The second-order valence-corrected chi connectivity index (χ2v) is 5.60. The van der Waals surface area contributed by atoms with Crippen LogP contribution in [-0.4, -0.2) is 11.8 Å². The van der Waals surface area contributed by atoms with Gasteiger partial charge >= 0.3 is 0 Å². The lowest BCUT2D eigenvalue weighted by Crippen LogP contribution is -2.12. The highest BCUT2D eigenvalue weighted by Crippen LogP contribution is 2.37. The van der Waals surface area contributed by atoms with Gasteiger partial charge in [-0.2, -0.15) is 5.26 Å². The van der Waals surface area contributed by atoms with E-state index in [1.54, 1.807) is 36.4 Å². The van der Waals surface area contributed by atoms with Crippen molar-refractivity contribution >= 4 is 5.69 Å². The maximum Gasteiger partial charge on any atom is 0.266 e. The predicted octanol–water partition coefficient (Wildman–Crippen LogP) is 2.89. The molecule has 0 spiro atoms. The number of anilines is 1. The molecule has 1 aliphatic rings. The maximum absolute atomic E-state index is 12.4. The molecule has 0 radical (unpaired) electrons. The van der Waals surface area contributed by atoms with E-state index in [-0.39, 0.29) is 12.4 Å². The summed E-state index contributed by atoms with van der Waals surface area (Å²) in [5.41, 5.74) is 8.62. The Labute approximate surface area is 143 Å². The predicted molar refractivity (Wildman–Crippen MR) is 93.2 cm³/mol. The lowest BCUT2D eigenvalue weighted by molar-refractivity contribution is 0.174. The molecule has 3 N–H and O–H groups in total. The molecular weight excluding hydrogens is 318 g/mol. The first-order valence-corrected chi connectivity index (χ1v) is 7.59. The van der Waals surface area contributed by atoms with E-state index in [1.807, 2.05) is 18.2 Å². The fourth-order valence-electron chi connectivity index (χ4n) is 2.78. The monoisotopic (exact) mass is 331 g/mol. The van der Waals surface area contributed by atoms with Crippen molar-refractivity contribution in [2.24, 2.45) is 0 Å². The minimum Gasteiger partial charge on any atom is -0.454 e. The van der Waals surface area contributed by atoms with E-state index in [1.165, 1.54) is 0 Å². The van der Waals surface area contributed by atoms with Crippen LogP contribution in [-0.2, 0) is 0 Å². The van der Waals surface area contributed by atoms with Crippen molar-refractivity contribution in [1.29, 1.82) is 5.26 Å². The number of fused-ring (bicyclic) bond motifs is 1. The van der Waals surface area contributed by atoms with Gasteiger partial charge in [0.1, 0.15) is 11.6 Å². The number of H-pyrrole nitrogens is 1. The Bertz CT molecular complexity index is 1060. The third kappa shape index (κ3) is 2.58. The first kappa shape index (κ1) is 14.8. The fourth-order valence-corrected chi connectivity index (χ4v) is 2.78. The van der Waals surface area contributed by atoms with Crippen LogP contribution in [0.1, 0.15) is 5.56 Å². The standard InChI is InChI=1S/C19H13N3O3/c20-9-15-14(12-3-6-17-18(7-12)25-10-24-17)8-16(22-19(15)23)11-1-4-13(21)5-2-11/h1-8H,10,21H2,(H,22,23). The molecule has 0 fully saturated rings. The number of hydrogen-bond acceptors (Lipinski definition) is 5. The van der Waals surface area contributed by atoms with Crippen molar-refractivity contribution in [2.75, 3.05) is 12.5 Å². The van der Waals surface area contributed by atoms with Crippen LogP contribution in [0, 0.1) is 11.3 Å². The average molecular weight is 331 g/mol. The Morgan fingerprint density at radius 3 is 2.48 bits per heavy atom. The molecule has 2 aromatic carbocycles. The molecule has 0 unspecified atom stereocenters. The second kappa shape index (κ2) is 5.73. The fraction of sp³-hybridized carbons (Fsp3) is 0.0526. The largest absolute Gasteiger partial charge is 0.454 e. The highest BCUT2D eigenvalue weighted by molar-refractivity contribution is 5.77. The van der Waals surface area contributed by atoms with E-state index in [4.69, 9.17) is 15.2 Å². The van der Waals surface area contributed by atoms with Crippen LogP contribution in [0.3, 0.4) is 0 Å². The zero-order valence-corrected chi connectivity index (χ0v) is 13.1. The van der Waals surface area contributed by atoms with Gasteiger partial charge in [-0.3, -0.25) is 4.79 Å². The van der Waals surface area contributed by atoms with Crippen molar-refractivity contribution in [3.8, 4) is 40.0 Å². The first-order valence-electron chi connectivity index (χ1n) is 7.59. The zero-order chi connectivity index (χ0) is 17.4. The van der Waals surface area contributed by atoms with Gasteiger partial charge in [-0.25, -0.2) is 0 Å². The van der Waals surface area contributed by atoms with Crippen molar-refractivity contribution in [3.05, 3.63) is 64.4 Å². The van der Waals surface area contributed by atoms with E-state index >= 15 is 0 Å². The molecule has 25 heavy (non-hydrogen) atoms. The summed E-state index contributed by atoms with van der Waals surface area (Å²) in [5.74, 6) is 1.24. The van der Waals surface area contributed by atoms with Gasteiger partial charge in [0.25, 0.3) is 5.56 Å². The van der Waals surface area contributed by atoms with Gasteiger partial charge in [-0.15, -0.1) is 0 Å². The first-order chi connectivity index (χ1) is 12.2. The molecule has 1 aromatic heterocycles. The number of hydrogen-bond donors (Lipinski definition) is 2. The van der Waals surface area contributed by atoms with Crippen LogP contribution in [0.5, 0.6) is 11.5 Å². The number of aromatic amines is 1. The van der Waals surface area contributed by atoms with Gasteiger partial charge < -0.3 is 20.2 Å². The Balaban J connectivity index is 1.90. The van der Waals surface area contributed by atoms with E-state index < -0.39 is 5.56 Å². The van der Waals surface area contributed by atoms with Gasteiger partial charge in [-0.05, 0) is 41.5 Å². The van der Waals surface area contributed by atoms with E-state index in [2.05, 4.69) is 4.98 Å². The minimum absolute atomic E-state index is 0.0538. The Hall–Kier alpha value is -3.72. The SMILES string of the molecule is N#Cc1c(-c2ccc3c(c2)OCO3)cc(-c2ccc(N)cc2)[nH]c1=O. The van der Waals surface area contributed by atoms with Gasteiger partial charge in [0.2, 0.25) is 6.79 Å². The van der Waals surface area contributed by atoms with E-state index in [0.29, 0.717) is 34.0 Å². The van der Waals surface area contributed by atoms with Crippen LogP contribution in [0.2, 0.25) is 0 Å². The number of nitrogens with zero attached hydrogens (tertiary/aromatic N) is 1. The molecule has 6 heteroatoms. The van der Waals surface area contributed by atoms with Crippen molar-refractivity contribution in [1.82, 2.24) is 4.98 Å². The molecule has 0 aliphatic carbocycles. The lowest BCUT2D eigenvalue weighted by Gasteiger charge is -2.09. The molecule has 0 amide bonds. The zero-order valence-electron chi connectivity index (χ0n) is 13.1. The van der Waals surface area contributed by atoms with Gasteiger partial charge in [-0.1, -0.05) is 18.2 Å². The number of nitriles is 1. The smallest absolute Gasteiger partial charge is 0.266 e. The number of benzene rings is 2. The molecule has 0 bridgehead atoms. The summed E-state index contributed by atoms with van der Waals surface area (Å²) in [6.07, 6.45) is 0. The topological polar surface area (TPSA) is 101 Å². The number of rotatable bonds is 2. The van der Waals surface area contributed by atoms with Crippen LogP contribution in [0.25, 0.3) is 22.4 Å². The van der Waals surface area contributed by atoms with Crippen LogP contribution < -0.4 is 20.8 Å². The number of ether oxygens (including phenoxy) is 2. The summed E-state index contributed by atoms with van der Waals surface area (Å²) in [6.45, 7) is 0.163. The number of aromatic nitrogens is 1. The number of nitrogens with two attached hydrogens (primary N) is 1. The molecule has 4 rings (SSSR count). The third-order valence-electron chi connectivity index (χ3n) is 4.05. The number of nitrogen functional groups attached to an aromatic ring is 1. The second-order valence-electron chi connectivity index (χ2n) is 5.60. The minimum atomic E-state index is -0.440. The average Bonchev–Trinajstić information content (AvgIpc) is 3.09. The number of pyridine rings is 1. The van der Waals surface area contributed by atoms with Crippen molar-refractivity contribution < 1.29 is 9.47 Å². The molecule has 6 nitrogen and oxygen atoms in total. The van der Waals surface area contributed by atoms with Gasteiger partial charge in [0.05, 0.1) is 0 Å². The Morgan fingerprint density at radius 2 is 1.72 bits per heavy atom. The van der Waals surface area contributed by atoms with Crippen molar-refractivity contribution in [3.63, 3.8) is 0 Å². The lowest BCUT2D eigenvalue weighted by atomic mass is 9.98. The molecule has 2 heterocycles. The van der Waals surface area contributed by atoms with Crippen LogP contribution in [0.15, 0.2) is 53.3 Å². The summed E-state index contributed by atoms with van der Waals surface area (Å²) >= 11 is 0. The maximum atomic E-state index is 12.4. The summed E-state index contributed by atoms with van der Waals surface area (Å²) in [4.78, 5) is 15.1. The quantitative estimate of drug-likeness (QED) is 0.703. The summed E-state index contributed by atoms with van der Waals surface area (Å²) in [6, 6.07) is 16.2. The summed E-state index contributed by atoms with van der Waals surface area (Å²) in [5, 5.41) is 9.41. The van der Waals surface area contributed by atoms with Crippen LogP contribution in [0.4, 0.5) is 5.69 Å². The summed E-state index contributed by atoms with van der Waals surface area (Å²) < 4.78 is 10.7. The molecule has 3 aromatic rings. The molecule has 122 valence electrons. The third-order valence-corrected chi connectivity index (χ3v) is 4.05. The van der Waals surface area contributed by atoms with Gasteiger partial charge in [0.15, 0.2) is 11.5 Å². The Morgan fingerprint density at radius 1 is 1.00 bits per heavy atom. The van der Waals surface area contributed by atoms with E-state index in [9.17, 15) is 10.1 Å².